The second-order valence-corrected chi connectivity index (χ2v) is 8.32. The van der Waals surface area contributed by atoms with E-state index in [2.05, 4.69) is 28.1 Å². The second-order valence-electron chi connectivity index (χ2n) is 8.32. The Balaban J connectivity index is -0.00000220. The van der Waals surface area contributed by atoms with Crippen LogP contribution >= 0.6 is 29.4 Å². The number of nitrogens with zero attached hydrogens (tertiary/aromatic N) is 1. The summed E-state index contributed by atoms with van der Waals surface area (Å²) in [5.74, 6) is 0. The van der Waals surface area contributed by atoms with E-state index in [0.717, 1.165) is 4.48 Å². The summed E-state index contributed by atoms with van der Waals surface area (Å²) in [5.41, 5.74) is 0. The Labute approximate surface area is 171 Å². The standard InChI is InChI=1S/C21H46N.BrH.ClH/c1-5-6-7-8-9-10-11-12-13-14-15-16-17-18-19-20-21-22(2,3)4;;/h5-21H2,1-4H3;2*1H/q+1;;. The summed E-state index contributed by atoms with van der Waals surface area (Å²) in [7, 11) is 6.89. The molecule has 1 nitrogen and oxygen atoms in total. The Bertz CT molecular complexity index is 216. The van der Waals surface area contributed by atoms with Gasteiger partial charge in [0.25, 0.3) is 0 Å². The van der Waals surface area contributed by atoms with Gasteiger partial charge in [0.15, 0.2) is 0 Å². The molecule has 0 atom stereocenters. The molecule has 0 heterocycles. The number of hydrogen-bond acceptors (Lipinski definition) is 0. The van der Waals surface area contributed by atoms with E-state index in [-0.39, 0.29) is 29.4 Å². The van der Waals surface area contributed by atoms with Gasteiger partial charge in [-0.1, -0.05) is 96.8 Å². The second kappa shape index (κ2) is 21.8. The van der Waals surface area contributed by atoms with Crippen molar-refractivity contribution in [3.05, 3.63) is 0 Å². The van der Waals surface area contributed by atoms with Gasteiger partial charge in [-0.15, -0.1) is 29.4 Å². The summed E-state index contributed by atoms with van der Waals surface area (Å²) in [6.45, 7) is 3.63. The maximum atomic E-state index is 2.30. The van der Waals surface area contributed by atoms with Gasteiger partial charge in [-0.25, -0.2) is 0 Å². The van der Waals surface area contributed by atoms with Gasteiger partial charge in [-0.05, 0) is 12.8 Å². The third kappa shape index (κ3) is 27.6. The summed E-state index contributed by atoms with van der Waals surface area (Å²) in [5, 5.41) is 0. The van der Waals surface area contributed by atoms with E-state index in [0.29, 0.717) is 0 Å². The van der Waals surface area contributed by atoms with Crippen LogP contribution in [0.5, 0.6) is 0 Å². The first-order valence-corrected chi connectivity index (χ1v) is 10.4. The molecule has 0 bridgehead atoms. The Morgan fingerprint density at radius 3 is 0.958 bits per heavy atom. The average Bonchev–Trinajstić information content (AvgIpc) is 2.45. The highest BCUT2D eigenvalue weighted by Crippen LogP contribution is 2.13. The lowest BCUT2D eigenvalue weighted by Gasteiger charge is -2.23. The van der Waals surface area contributed by atoms with Crippen LogP contribution in [0.25, 0.3) is 0 Å². The molecule has 0 amide bonds. The first-order chi connectivity index (χ1) is 10.6. The maximum Gasteiger partial charge on any atom is 0.0780 e. The average molecular weight is 430 g/mol. The number of rotatable bonds is 17. The lowest BCUT2D eigenvalue weighted by molar-refractivity contribution is -0.870. The van der Waals surface area contributed by atoms with Crippen LogP contribution in [0.4, 0.5) is 0 Å². The summed E-state index contributed by atoms with van der Waals surface area (Å²) < 4.78 is 1.12. The fourth-order valence-corrected chi connectivity index (χ4v) is 3.13. The molecule has 0 aromatic rings. The highest BCUT2D eigenvalue weighted by Gasteiger charge is 2.04. The summed E-state index contributed by atoms with van der Waals surface area (Å²) in [6.07, 6.45) is 23.4. The first kappa shape index (κ1) is 29.5. The normalized spacial score (nSPS) is 11.0. The highest BCUT2D eigenvalue weighted by atomic mass is 79.9. The number of halogens is 2. The monoisotopic (exact) mass is 428 g/mol. The molecule has 0 aliphatic rings. The SMILES string of the molecule is Br.CCCCCCCCCCCCCCCCCC[N+](C)(C)C.Cl. The van der Waals surface area contributed by atoms with Crippen LogP contribution in [-0.4, -0.2) is 32.2 Å². The van der Waals surface area contributed by atoms with Crippen molar-refractivity contribution in [2.45, 2.75) is 110 Å². The topological polar surface area (TPSA) is 0 Å². The zero-order chi connectivity index (χ0) is 16.5. The van der Waals surface area contributed by atoms with E-state index in [9.17, 15) is 0 Å². The Kier molecular flexibility index (Phi) is 26.8. The first-order valence-electron chi connectivity index (χ1n) is 10.4. The van der Waals surface area contributed by atoms with Gasteiger partial charge in [-0.2, -0.15) is 0 Å². The van der Waals surface area contributed by atoms with E-state index in [1.807, 2.05) is 0 Å². The molecule has 0 unspecified atom stereocenters. The van der Waals surface area contributed by atoms with Crippen LogP contribution in [0.3, 0.4) is 0 Å². The van der Waals surface area contributed by atoms with Crippen LogP contribution in [-0.2, 0) is 0 Å². The number of unbranched alkanes of at least 4 members (excludes halogenated alkanes) is 15. The third-order valence-corrected chi connectivity index (χ3v) is 4.68. The molecule has 0 aromatic carbocycles. The van der Waals surface area contributed by atoms with E-state index in [4.69, 9.17) is 0 Å². The van der Waals surface area contributed by atoms with Crippen molar-refractivity contribution < 1.29 is 4.48 Å². The minimum absolute atomic E-state index is 0. The van der Waals surface area contributed by atoms with E-state index in [1.54, 1.807) is 0 Å². The van der Waals surface area contributed by atoms with Crippen molar-refractivity contribution in [2.24, 2.45) is 0 Å². The quantitative estimate of drug-likeness (QED) is 0.162. The Hall–Kier alpha value is 0.730. The Morgan fingerprint density at radius 2 is 0.708 bits per heavy atom. The van der Waals surface area contributed by atoms with Crippen LogP contribution in [0.15, 0.2) is 0 Å². The molecule has 0 radical (unpaired) electrons. The number of hydrogen-bond donors (Lipinski definition) is 0. The van der Waals surface area contributed by atoms with Gasteiger partial charge < -0.3 is 4.48 Å². The predicted molar refractivity (Wildman–Crippen MR) is 120 cm³/mol. The molecule has 0 fully saturated rings. The molecular formula is C21H48BrClN+. The number of quaternary nitrogens is 1. The van der Waals surface area contributed by atoms with Gasteiger partial charge >= 0.3 is 0 Å². The molecule has 0 N–H and O–H groups in total. The summed E-state index contributed by atoms with van der Waals surface area (Å²) in [4.78, 5) is 0. The molecule has 150 valence electrons. The molecule has 0 saturated carbocycles. The summed E-state index contributed by atoms with van der Waals surface area (Å²) >= 11 is 0. The minimum atomic E-state index is 0. The van der Waals surface area contributed by atoms with Crippen molar-refractivity contribution in [1.82, 2.24) is 0 Å². The molecule has 0 aliphatic heterocycles. The molecule has 3 heteroatoms. The van der Waals surface area contributed by atoms with Gasteiger partial charge in [0.2, 0.25) is 0 Å². The minimum Gasteiger partial charge on any atom is -0.331 e. The molecule has 0 rings (SSSR count). The van der Waals surface area contributed by atoms with E-state index in [1.165, 1.54) is 109 Å². The van der Waals surface area contributed by atoms with Crippen molar-refractivity contribution in [3.63, 3.8) is 0 Å². The molecule has 0 spiro atoms. The van der Waals surface area contributed by atoms with Gasteiger partial charge in [0.1, 0.15) is 0 Å². The van der Waals surface area contributed by atoms with Gasteiger partial charge in [-0.3, -0.25) is 0 Å². The van der Waals surface area contributed by atoms with Crippen molar-refractivity contribution in [1.29, 1.82) is 0 Å². The molecular weight excluding hydrogens is 382 g/mol. The molecule has 0 aromatic heterocycles. The fraction of sp³-hybridized carbons (Fsp3) is 1.00. The van der Waals surface area contributed by atoms with Crippen LogP contribution in [0.1, 0.15) is 110 Å². The van der Waals surface area contributed by atoms with E-state index >= 15 is 0 Å². The van der Waals surface area contributed by atoms with E-state index < -0.39 is 0 Å². The Morgan fingerprint density at radius 1 is 0.458 bits per heavy atom. The molecule has 0 saturated heterocycles. The lowest BCUT2D eigenvalue weighted by Crippen LogP contribution is -2.35. The van der Waals surface area contributed by atoms with Crippen molar-refractivity contribution in [3.8, 4) is 0 Å². The maximum absolute atomic E-state index is 2.30. The summed E-state index contributed by atoms with van der Waals surface area (Å²) in [6, 6.07) is 0. The van der Waals surface area contributed by atoms with Crippen LogP contribution in [0.2, 0.25) is 0 Å². The largest absolute Gasteiger partial charge is 0.331 e. The van der Waals surface area contributed by atoms with Gasteiger partial charge in [0, 0.05) is 0 Å². The fourth-order valence-electron chi connectivity index (χ4n) is 3.13. The zero-order valence-corrected chi connectivity index (χ0v) is 19.8. The molecule has 0 aliphatic carbocycles. The highest BCUT2D eigenvalue weighted by molar-refractivity contribution is 8.93. The molecule has 24 heavy (non-hydrogen) atoms. The lowest BCUT2D eigenvalue weighted by atomic mass is 10.0. The van der Waals surface area contributed by atoms with Crippen LogP contribution < -0.4 is 0 Å². The smallest absolute Gasteiger partial charge is 0.0780 e. The predicted octanol–water partition coefficient (Wildman–Crippen LogP) is 7.95. The van der Waals surface area contributed by atoms with Crippen molar-refractivity contribution in [2.75, 3.05) is 27.7 Å². The van der Waals surface area contributed by atoms with Crippen molar-refractivity contribution >= 4 is 29.4 Å². The zero-order valence-electron chi connectivity index (χ0n) is 17.3. The van der Waals surface area contributed by atoms with Crippen LogP contribution in [0, 0.1) is 0 Å². The third-order valence-electron chi connectivity index (χ3n) is 4.68. The van der Waals surface area contributed by atoms with Gasteiger partial charge in [0.05, 0.1) is 27.7 Å².